The van der Waals surface area contributed by atoms with Gasteiger partial charge in [0.25, 0.3) is 5.91 Å². The van der Waals surface area contributed by atoms with Crippen LogP contribution in [0.5, 0.6) is 5.75 Å². The lowest BCUT2D eigenvalue weighted by atomic mass is 10.1. The van der Waals surface area contributed by atoms with Crippen LogP contribution in [0.25, 0.3) is 10.8 Å². The van der Waals surface area contributed by atoms with Gasteiger partial charge in [-0.1, -0.05) is 67.6 Å². The number of imidazole rings is 1. The van der Waals surface area contributed by atoms with E-state index in [1.165, 1.54) is 5.56 Å². The molecule has 4 rings (SSSR count). The van der Waals surface area contributed by atoms with E-state index in [1.54, 1.807) is 6.20 Å². The van der Waals surface area contributed by atoms with Gasteiger partial charge in [0.2, 0.25) is 0 Å². The minimum absolute atomic E-state index is 0.0335. The number of fused-ring (bicyclic) bond motifs is 1. The zero-order valence-electron chi connectivity index (χ0n) is 17.0. The summed E-state index contributed by atoms with van der Waals surface area (Å²) in [6.45, 7) is 2.72. The van der Waals surface area contributed by atoms with Crippen LogP contribution in [0.15, 0.2) is 85.2 Å². The van der Waals surface area contributed by atoms with Crippen LogP contribution in [0, 0.1) is 0 Å². The Hall–Kier alpha value is -3.60. The topological polar surface area (TPSA) is 56.1 Å². The SMILES string of the molecule is CCC(NC(=O)COc1ccc2ccccc2c1)c1nccn1Cc1ccccc1. The van der Waals surface area contributed by atoms with E-state index in [0.717, 1.165) is 29.6 Å². The van der Waals surface area contributed by atoms with E-state index in [2.05, 4.69) is 33.1 Å². The van der Waals surface area contributed by atoms with Crippen molar-refractivity contribution in [2.45, 2.75) is 25.9 Å². The van der Waals surface area contributed by atoms with Crippen molar-refractivity contribution in [3.8, 4) is 5.75 Å². The van der Waals surface area contributed by atoms with Gasteiger partial charge < -0.3 is 14.6 Å². The second-order valence-corrected chi connectivity index (χ2v) is 7.22. The van der Waals surface area contributed by atoms with Gasteiger partial charge in [-0.15, -0.1) is 0 Å². The highest BCUT2D eigenvalue weighted by atomic mass is 16.5. The molecule has 1 aromatic heterocycles. The van der Waals surface area contributed by atoms with Crippen LogP contribution in [-0.4, -0.2) is 22.1 Å². The van der Waals surface area contributed by atoms with Crippen molar-refractivity contribution >= 4 is 16.7 Å². The van der Waals surface area contributed by atoms with Crippen molar-refractivity contribution in [3.63, 3.8) is 0 Å². The maximum absolute atomic E-state index is 12.5. The molecule has 1 unspecified atom stereocenters. The molecule has 30 heavy (non-hydrogen) atoms. The van der Waals surface area contributed by atoms with Gasteiger partial charge in [-0.3, -0.25) is 4.79 Å². The van der Waals surface area contributed by atoms with Crippen LogP contribution in [0.3, 0.4) is 0 Å². The lowest BCUT2D eigenvalue weighted by Gasteiger charge is -2.19. The Bertz CT molecular complexity index is 1120. The maximum Gasteiger partial charge on any atom is 0.258 e. The fourth-order valence-electron chi connectivity index (χ4n) is 3.54. The van der Waals surface area contributed by atoms with Gasteiger partial charge >= 0.3 is 0 Å². The van der Waals surface area contributed by atoms with Crippen molar-refractivity contribution in [3.05, 3.63) is 96.6 Å². The molecule has 1 heterocycles. The van der Waals surface area contributed by atoms with Crippen LogP contribution in [0.1, 0.15) is 30.8 Å². The van der Waals surface area contributed by atoms with E-state index in [-0.39, 0.29) is 18.6 Å². The molecular weight excluding hydrogens is 374 g/mol. The second kappa shape index (κ2) is 9.27. The molecule has 0 radical (unpaired) electrons. The lowest BCUT2D eigenvalue weighted by molar-refractivity contribution is -0.124. The molecule has 5 heteroatoms. The molecule has 0 saturated heterocycles. The first-order valence-corrected chi connectivity index (χ1v) is 10.2. The minimum Gasteiger partial charge on any atom is -0.484 e. The number of hydrogen-bond acceptors (Lipinski definition) is 3. The van der Waals surface area contributed by atoms with Crippen molar-refractivity contribution < 1.29 is 9.53 Å². The largest absolute Gasteiger partial charge is 0.484 e. The third kappa shape index (κ3) is 4.69. The molecule has 4 aromatic rings. The van der Waals surface area contributed by atoms with Crippen molar-refractivity contribution in [2.24, 2.45) is 0 Å². The molecule has 1 N–H and O–H groups in total. The molecule has 1 atom stereocenters. The van der Waals surface area contributed by atoms with E-state index >= 15 is 0 Å². The number of aromatic nitrogens is 2. The number of carbonyl (C=O) groups is 1. The minimum atomic E-state index is -0.170. The highest BCUT2D eigenvalue weighted by Gasteiger charge is 2.18. The lowest BCUT2D eigenvalue weighted by Crippen LogP contribution is -2.33. The van der Waals surface area contributed by atoms with Crippen LogP contribution >= 0.6 is 0 Å². The summed E-state index contributed by atoms with van der Waals surface area (Å²) >= 11 is 0. The fourth-order valence-corrected chi connectivity index (χ4v) is 3.54. The molecule has 0 spiro atoms. The Kier molecular flexibility index (Phi) is 6.09. The number of rotatable bonds is 8. The highest BCUT2D eigenvalue weighted by Crippen LogP contribution is 2.21. The average molecular weight is 399 g/mol. The molecule has 152 valence electrons. The summed E-state index contributed by atoms with van der Waals surface area (Å²) in [4.78, 5) is 17.0. The predicted molar refractivity (Wildman–Crippen MR) is 118 cm³/mol. The number of benzene rings is 3. The molecule has 0 saturated carbocycles. The number of nitrogens with one attached hydrogen (secondary N) is 1. The Morgan fingerprint density at radius 1 is 1.03 bits per heavy atom. The number of carbonyl (C=O) groups excluding carboxylic acids is 1. The summed E-state index contributed by atoms with van der Waals surface area (Å²) < 4.78 is 7.80. The fraction of sp³-hybridized carbons (Fsp3) is 0.200. The molecular formula is C25H25N3O2. The van der Waals surface area contributed by atoms with Crippen molar-refractivity contribution in [1.29, 1.82) is 0 Å². The molecule has 0 fully saturated rings. The number of hydrogen-bond donors (Lipinski definition) is 1. The summed E-state index contributed by atoms with van der Waals surface area (Å²) in [5.41, 5.74) is 1.19. The zero-order chi connectivity index (χ0) is 20.8. The first-order valence-electron chi connectivity index (χ1n) is 10.2. The monoisotopic (exact) mass is 399 g/mol. The normalized spacial score (nSPS) is 11.9. The molecule has 0 bridgehead atoms. The van der Waals surface area contributed by atoms with Crippen LogP contribution < -0.4 is 10.1 Å². The predicted octanol–water partition coefficient (Wildman–Crippen LogP) is 4.73. The van der Waals surface area contributed by atoms with Crippen LogP contribution in [-0.2, 0) is 11.3 Å². The first kappa shape index (κ1) is 19.7. The number of amides is 1. The maximum atomic E-state index is 12.5. The Morgan fingerprint density at radius 2 is 1.80 bits per heavy atom. The van der Waals surface area contributed by atoms with Crippen LogP contribution in [0.2, 0.25) is 0 Å². The van der Waals surface area contributed by atoms with Gasteiger partial charge in [-0.2, -0.15) is 0 Å². The molecule has 0 aliphatic heterocycles. The van der Waals surface area contributed by atoms with Crippen molar-refractivity contribution in [1.82, 2.24) is 14.9 Å². The third-order valence-corrected chi connectivity index (χ3v) is 5.09. The van der Waals surface area contributed by atoms with E-state index in [1.807, 2.05) is 67.7 Å². The highest BCUT2D eigenvalue weighted by molar-refractivity contribution is 5.84. The standard InChI is InChI=1S/C25H25N3O2/c1-2-23(25-26-14-15-28(25)17-19-8-4-3-5-9-19)27-24(29)18-30-22-13-12-20-10-6-7-11-21(20)16-22/h3-16,23H,2,17-18H2,1H3,(H,27,29). The quantitative estimate of drug-likeness (QED) is 0.466. The van der Waals surface area contributed by atoms with Gasteiger partial charge in [-0.05, 0) is 34.9 Å². The van der Waals surface area contributed by atoms with Gasteiger partial charge in [-0.25, -0.2) is 4.98 Å². The van der Waals surface area contributed by atoms with E-state index in [4.69, 9.17) is 4.74 Å². The molecule has 0 aliphatic carbocycles. The summed E-state index contributed by atoms with van der Waals surface area (Å²) in [7, 11) is 0. The Morgan fingerprint density at radius 3 is 2.60 bits per heavy atom. The second-order valence-electron chi connectivity index (χ2n) is 7.22. The molecule has 1 amide bonds. The molecule has 0 aliphatic rings. The van der Waals surface area contributed by atoms with Crippen molar-refractivity contribution in [2.75, 3.05) is 6.61 Å². The third-order valence-electron chi connectivity index (χ3n) is 5.09. The van der Waals surface area contributed by atoms with Crippen LogP contribution in [0.4, 0.5) is 0 Å². The Labute approximate surface area is 176 Å². The van der Waals surface area contributed by atoms with Gasteiger partial charge in [0.05, 0.1) is 6.04 Å². The summed E-state index contributed by atoms with van der Waals surface area (Å²) in [5, 5.41) is 5.29. The smallest absolute Gasteiger partial charge is 0.258 e. The van der Waals surface area contributed by atoms with Gasteiger partial charge in [0.15, 0.2) is 6.61 Å². The van der Waals surface area contributed by atoms with E-state index in [0.29, 0.717) is 5.75 Å². The van der Waals surface area contributed by atoms with Gasteiger partial charge in [0, 0.05) is 18.9 Å². The molecule has 5 nitrogen and oxygen atoms in total. The Balaban J connectivity index is 1.38. The van der Waals surface area contributed by atoms with Gasteiger partial charge in [0.1, 0.15) is 11.6 Å². The number of nitrogens with zero attached hydrogens (tertiary/aromatic N) is 2. The summed E-state index contributed by atoms with van der Waals surface area (Å²) in [5.74, 6) is 1.37. The average Bonchev–Trinajstić information content (AvgIpc) is 3.24. The van der Waals surface area contributed by atoms with E-state index in [9.17, 15) is 4.79 Å². The first-order chi connectivity index (χ1) is 14.7. The zero-order valence-corrected chi connectivity index (χ0v) is 17.0. The molecule has 3 aromatic carbocycles. The van der Waals surface area contributed by atoms with E-state index < -0.39 is 0 Å². The summed E-state index contributed by atoms with van der Waals surface area (Å²) in [6, 6.07) is 24.0. The number of ether oxygens (including phenoxy) is 1. The summed E-state index contributed by atoms with van der Waals surface area (Å²) in [6.07, 6.45) is 4.47.